The van der Waals surface area contributed by atoms with Gasteiger partial charge >= 0.3 is 0 Å². The maximum Gasteiger partial charge on any atom is 0.280 e. The predicted molar refractivity (Wildman–Crippen MR) is 71.7 cm³/mol. The molecule has 0 N–H and O–H groups in total. The zero-order chi connectivity index (χ0) is 11.5. The number of aldehydes is 1. The monoisotopic (exact) mass is 365 g/mol. The van der Waals surface area contributed by atoms with Crippen LogP contribution in [0.3, 0.4) is 0 Å². The number of hydrogen-bond acceptors (Lipinski definition) is 4. The number of nitrogens with zero attached hydrogens (tertiary/aromatic N) is 1. The highest BCUT2D eigenvalue weighted by Crippen LogP contribution is 2.31. The van der Waals surface area contributed by atoms with Crippen LogP contribution < -0.4 is 4.74 Å². The summed E-state index contributed by atoms with van der Waals surface area (Å²) >= 11 is 9.04. The second-order valence-corrected chi connectivity index (χ2v) is 5.41. The maximum absolute atomic E-state index is 10.6. The summed E-state index contributed by atoms with van der Waals surface area (Å²) in [4.78, 5) is 14.9. The predicted octanol–water partition coefficient (Wildman–Crippen LogP) is 4.01. The second kappa shape index (κ2) is 5.11. The Kier molecular flexibility index (Phi) is 3.78. The van der Waals surface area contributed by atoms with Crippen LogP contribution in [0.1, 0.15) is 9.67 Å². The molecule has 0 bridgehead atoms. The van der Waals surface area contributed by atoms with Crippen molar-refractivity contribution in [1.82, 2.24) is 4.98 Å². The third kappa shape index (κ3) is 2.72. The molecule has 0 aliphatic heterocycles. The van der Waals surface area contributed by atoms with E-state index < -0.39 is 0 Å². The van der Waals surface area contributed by atoms with Gasteiger partial charge in [-0.3, -0.25) is 4.79 Å². The van der Waals surface area contributed by atoms with Crippen LogP contribution >= 0.6 is 45.5 Å². The van der Waals surface area contributed by atoms with Crippen molar-refractivity contribution in [1.29, 1.82) is 0 Å². The van der Waals surface area contributed by atoms with Gasteiger partial charge in [-0.15, -0.1) is 0 Å². The Morgan fingerprint density at radius 3 is 2.94 bits per heavy atom. The number of benzene rings is 1. The lowest BCUT2D eigenvalue weighted by atomic mass is 10.3. The summed E-state index contributed by atoms with van der Waals surface area (Å²) in [5.74, 6) is 0.676. The summed E-state index contributed by atoms with van der Waals surface area (Å²) in [6, 6.07) is 7.53. The summed E-state index contributed by atoms with van der Waals surface area (Å²) < 4.78 is 6.55. The first-order valence-electron chi connectivity index (χ1n) is 4.24. The average molecular weight is 366 g/mol. The van der Waals surface area contributed by atoms with Crippen molar-refractivity contribution in [3.05, 3.63) is 37.9 Å². The molecule has 0 radical (unpaired) electrons. The van der Waals surface area contributed by atoms with Gasteiger partial charge in [0, 0.05) is 3.57 Å². The van der Waals surface area contributed by atoms with Crippen LogP contribution in [0.5, 0.6) is 10.9 Å². The van der Waals surface area contributed by atoms with Crippen LogP contribution in [-0.2, 0) is 0 Å². The quantitative estimate of drug-likeness (QED) is 0.609. The van der Waals surface area contributed by atoms with Gasteiger partial charge in [0.1, 0.15) is 10.6 Å². The average Bonchev–Trinajstić information content (AvgIpc) is 2.58. The number of aromatic nitrogens is 1. The molecule has 1 heterocycles. The number of ether oxygens (including phenoxy) is 1. The number of rotatable bonds is 3. The van der Waals surface area contributed by atoms with Gasteiger partial charge in [-0.2, -0.15) is 4.98 Å². The fraction of sp³-hybridized carbons (Fsp3) is 0. The fourth-order valence-corrected chi connectivity index (χ4v) is 2.48. The zero-order valence-electron chi connectivity index (χ0n) is 7.81. The summed E-state index contributed by atoms with van der Waals surface area (Å²) in [5, 5.41) is 0.551. The molecule has 82 valence electrons. The molecule has 0 fully saturated rings. The van der Waals surface area contributed by atoms with Gasteiger partial charge in [-0.1, -0.05) is 29.0 Å². The standard InChI is InChI=1S/C10H5ClINO2S/c11-9-8(5-14)16-10(13-9)15-7-3-1-2-6(12)4-7/h1-5H. The highest BCUT2D eigenvalue weighted by molar-refractivity contribution is 14.1. The van der Waals surface area contributed by atoms with Crippen LogP contribution in [0, 0.1) is 3.57 Å². The number of carbonyl (C=O) groups excluding carboxylic acids is 1. The van der Waals surface area contributed by atoms with Crippen molar-refractivity contribution in [3.63, 3.8) is 0 Å². The summed E-state index contributed by atoms with van der Waals surface area (Å²) in [5.41, 5.74) is 0. The molecule has 1 aromatic carbocycles. The number of thiazole rings is 1. The molecule has 3 nitrogen and oxygen atoms in total. The van der Waals surface area contributed by atoms with E-state index in [4.69, 9.17) is 16.3 Å². The van der Waals surface area contributed by atoms with E-state index in [-0.39, 0.29) is 5.15 Å². The zero-order valence-corrected chi connectivity index (χ0v) is 11.5. The van der Waals surface area contributed by atoms with Gasteiger partial charge in [0.25, 0.3) is 5.19 Å². The van der Waals surface area contributed by atoms with Crippen molar-refractivity contribution in [3.8, 4) is 10.9 Å². The first-order chi connectivity index (χ1) is 7.69. The molecular formula is C10H5ClINO2S. The molecule has 0 aliphatic rings. The first kappa shape index (κ1) is 11.8. The minimum atomic E-state index is 0.181. The first-order valence-corrected chi connectivity index (χ1v) is 6.51. The van der Waals surface area contributed by atoms with E-state index in [0.29, 0.717) is 22.1 Å². The highest BCUT2D eigenvalue weighted by Gasteiger charge is 2.10. The topological polar surface area (TPSA) is 39.2 Å². The van der Waals surface area contributed by atoms with Gasteiger partial charge in [0.05, 0.1) is 0 Å². The molecule has 1 aromatic heterocycles. The minimum Gasteiger partial charge on any atom is -0.431 e. The number of halogens is 2. The molecule has 0 aliphatic carbocycles. The molecule has 2 aromatic rings. The lowest BCUT2D eigenvalue weighted by molar-refractivity contribution is 0.112. The third-order valence-corrected chi connectivity index (χ3v) is 3.63. The Morgan fingerprint density at radius 1 is 1.50 bits per heavy atom. The van der Waals surface area contributed by atoms with Crippen LogP contribution in [-0.4, -0.2) is 11.3 Å². The lowest BCUT2D eigenvalue weighted by Gasteiger charge is -2.00. The molecule has 0 saturated carbocycles. The van der Waals surface area contributed by atoms with Crippen molar-refractivity contribution in [2.45, 2.75) is 0 Å². The summed E-state index contributed by atoms with van der Waals surface area (Å²) in [6.45, 7) is 0. The van der Waals surface area contributed by atoms with Crippen molar-refractivity contribution >= 4 is 51.8 Å². The molecular weight excluding hydrogens is 361 g/mol. The van der Waals surface area contributed by atoms with E-state index >= 15 is 0 Å². The van der Waals surface area contributed by atoms with Gasteiger partial charge in [-0.25, -0.2) is 0 Å². The SMILES string of the molecule is O=Cc1sc(Oc2cccc(I)c2)nc1Cl. The smallest absolute Gasteiger partial charge is 0.280 e. The van der Waals surface area contributed by atoms with Crippen LogP contribution in [0.25, 0.3) is 0 Å². The highest BCUT2D eigenvalue weighted by atomic mass is 127. The van der Waals surface area contributed by atoms with E-state index in [1.807, 2.05) is 24.3 Å². The van der Waals surface area contributed by atoms with E-state index in [1.54, 1.807) is 0 Å². The molecule has 16 heavy (non-hydrogen) atoms. The van der Waals surface area contributed by atoms with E-state index in [1.165, 1.54) is 0 Å². The van der Waals surface area contributed by atoms with Crippen LogP contribution in [0.2, 0.25) is 5.15 Å². The second-order valence-electron chi connectivity index (χ2n) is 2.81. The molecule has 0 amide bonds. The Balaban J connectivity index is 2.23. The third-order valence-electron chi connectivity index (χ3n) is 1.70. The Morgan fingerprint density at radius 2 is 2.31 bits per heavy atom. The molecule has 0 atom stereocenters. The maximum atomic E-state index is 10.6. The van der Waals surface area contributed by atoms with Gasteiger partial charge in [0.15, 0.2) is 11.4 Å². The largest absolute Gasteiger partial charge is 0.431 e. The molecule has 6 heteroatoms. The Labute approximate surface area is 115 Å². The van der Waals surface area contributed by atoms with Crippen molar-refractivity contribution < 1.29 is 9.53 Å². The fourth-order valence-electron chi connectivity index (χ4n) is 1.04. The Hall–Kier alpha value is -0.660. The number of carbonyl (C=O) groups is 1. The minimum absolute atomic E-state index is 0.181. The van der Waals surface area contributed by atoms with Gasteiger partial charge < -0.3 is 4.74 Å². The van der Waals surface area contributed by atoms with E-state index in [0.717, 1.165) is 14.9 Å². The van der Waals surface area contributed by atoms with E-state index in [2.05, 4.69) is 27.6 Å². The molecule has 0 saturated heterocycles. The molecule has 0 spiro atoms. The Bertz CT molecular complexity index is 529. The van der Waals surface area contributed by atoms with Crippen LogP contribution in [0.4, 0.5) is 0 Å². The summed E-state index contributed by atoms with van der Waals surface area (Å²) in [6.07, 6.45) is 0.668. The molecule has 2 rings (SSSR count). The van der Waals surface area contributed by atoms with Crippen LogP contribution in [0.15, 0.2) is 24.3 Å². The molecule has 0 unspecified atom stereocenters. The lowest BCUT2D eigenvalue weighted by Crippen LogP contribution is -1.82. The van der Waals surface area contributed by atoms with Crippen molar-refractivity contribution in [2.75, 3.05) is 0 Å². The van der Waals surface area contributed by atoms with E-state index in [9.17, 15) is 4.79 Å². The summed E-state index contributed by atoms with van der Waals surface area (Å²) in [7, 11) is 0. The number of hydrogen-bond donors (Lipinski definition) is 0. The van der Waals surface area contributed by atoms with Gasteiger partial charge in [0.2, 0.25) is 0 Å². The van der Waals surface area contributed by atoms with Crippen molar-refractivity contribution in [2.24, 2.45) is 0 Å². The normalized spacial score (nSPS) is 10.1. The van der Waals surface area contributed by atoms with Gasteiger partial charge in [-0.05, 0) is 40.8 Å².